The number of halogens is 1. The Morgan fingerprint density at radius 1 is 1.05 bits per heavy atom. The van der Waals surface area contributed by atoms with Crippen molar-refractivity contribution < 1.29 is 18.7 Å². The molecule has 2 aliphatic rings. The second-order valence-corrected chi connectivity index (χ2v) is 11.6. The van der Waals surface area contributed by atoms with Gasteiger partial charge in [-0.1, -0.05) is 12.1 Å². The number of carbonyl (C=O) groups excluding carboxylic acids is 2. The predicted octanol–water partition coefficient (Wildman–Crippen LogP) is 5.31. The molecule has 1 aromatic heterocycles. The predicted molar refractivity (Wildman–Crippen MR) is 156 cm³/mol. The molecule has 0 saturated carbocycles. The highest BCUT2D eigenvalue weighted by Crippen LogP contribution is 2.39. The lowest BCUT2D eigenvalue weighted by molar-refractivity contribution is -0.117. The highest BCUT2D eigenvalue weighted by Gasteiger charge is 2.28. The number of anilines is 2. The van der Waals surface area contributed by atoms with Crippen molar-refractivity contribution >= 4 is 23.5 Å². The summed E-state index contributed by atoms with van der Waals surface area (Å²) in [6, 6.07) is 15.7. The number of piperidine rings is 1. The van der Waals surface area contributed by atoms with Crippen molar-refractivity contribution in [1.29, 1.82) is 10.5 Å². The van der Waals surface area contributed by atoms with E-state index >= 15 is 0 Å². The summed E-state index contributed by atoms with van der Waals surface area (Å²) in [5, 5.41) is 22.5. The molecule has 1 fully saturated rings. The Balaban J connectivity index is 1.52. The van der Waals surface area contributed by atoms with Crippen LogP contribution in [0.1, 0.15) is 50.3 Å². The number of rotatable bonds is 4. The van der Waals surface area contributed by atoms with Gasteiger partial charge in [-0.2, -0.15) is 10.5 Å². The minimum Gasteiger partial charge on any atom is -0.444 e. The summed E-state index contributed by atoms with van der Waals surface area (Å²) in [7, 11) is 1.72. The molecule has 3 aromatic rings. The first-order chi connectivity index (χ1) is 20.0. The molecule has 214 valence electrons. The first kappa shape index (κ1) is 28.6. The standard InChI is InChI=1S/C32H31FN6O3/c1-32(2,3)42-31(41)36-24-9-11-39(12-10-24)27-15-23(18-35)29(19-7-8-26-22(13-19)16-28(40)38(26)4)30(37-27)20-5-6-21(17-34)25(33)14-20/h5-8,13-15,24H,9-12,16H2,1-4H3,(H,36,41). The maximum Gasteiger partial charge on any atom is 0.407 e. The number of nitrogens with one attached hydrogen (secondary N) is 1. The van der Waals surface area contributed by atoms with Crippen LogP contribution in [0, 0.1) is 28.5 Å². The van der Waals surface area contributed by atoms with E-state index in [4.69, 9.17) is 9.72 Å². The quantitative estimate of drug-likeness (QED) is 0.454. The van der Waals surface area contributed by atoms with Gasteiger partial charge in [0.05, 0.1) is 29.3 Å². The molecule has 0 unspecified atom stereocenters. The van der Waals surface area contributed by atoms with Crippen LogP contribution in [0.3, 0.4) is 0 Å². The second-order valence-electron chi connectivity index (χ2n) is 11.6. The SMILES string of the molecule is CN1C(=O)Cc2cc(-c3c(C#N)cc(N4CCC(NC(=O)OC(C)(C)C)CC4)nc3-c3ccc(C#N)c(F)c3)ccc21. The molecule has 0 spiro atoms. The second kappa shape index (κ2) is 11.1. The Bertz CT molecular complexity index is 1660. The molecule has 3 heterocycles. The third kappa shape index (κ3) is 5.75. The molecular formula is C32H31FN6O3. The van der Waals surface area contributed by atoms with E-state index in [0.717, 1.165) is 11.3 Å². The van der Waals surface area contributed by atoms with Crippen LogP contribution < -0.4 is 15.1 Å². The Hall–Kier alpha value is -4.96. The van der Waals surface area contributed by atoms with Crippen LogP contribution in [-0.2, 0) is 16.0 Å². The van der Waals surface area contributed by atoms with Crippen LogP contribution in [0.4, 0.5) is 20.7 Å². The fourth-order valence-corrected chi connectivity index (χ4v) is 5.39. The average Bonchev–Trinajstić information content (AvgIpc) is 3.23. The summed E-state index contributed by atoms with van der Waals surface area (Å²) < 4.78 is 20.2. The fraction of sp³-hybridized carbons (Fsp3) is 0.344. The molecule has 9 nitrogen and oxygen atoms in total. The topological polar surface area (TPSA) is 122 Å². The monoisotopic (exact) mass is 566 g/mol. The molecule has 2 amide bonds. The van der Waals surface area contributed by atoms with Crippen molar-refractivity contribution in [2.24, 2.45) is 0 Å². The summed E-state index contributed by atoms with van der Waals surface area (Å²) in [5.74, 6) is -0.140. The zero-order chi connectivity index (χ0) is 30.2. The summed E-state index contributed by atoms with van der Waals surface area (Å²) in [5.41, 5.74) is 3.36. The highest BCUT2D eigenvalue weighted by molar-refractivity contribution is 6.02. The van der Waals surface area contributed by atoms with Gasteiger partial charge in [0.15, 0.2) is 0 Å². The summed E-state index contributed by atoms with van der Waals surface area (Å²) in [4.78, 5) is 33.1. The first-order valence-corrected chi connectivity index (χ1v) is 13.8. The van der Waals surface area contributed by atoms with Gasteiger partial charge in [-0.05, 0) is 75.1 Å². The summed E-state index contributed by atoms with van der Waals surface area (Å²) in [6.07, 6.45) is 1.10. The minimum absolute atomic E-state index is 0.0184. The number of amides is 2. The normalized spacial score (nSPS) is 15.2. The largest absolute Gasteiger partial charge is 0.444 e. The van der Waals surface area contributed by atoms with E-state index in [1.807, 2.05) is 49.9 Å². The Morgan fingerprint density at radius 2 is 1.74 bits per heavy atom. The molecule has 0 atom stereocenters. The van der Waals surface area contributed by atoms with Gasteiger partial charge < -0.3 is 19.9 Å². The number of ether oxygens (including phenoxy) is 1. The zero-order valence-electron chi connectivity index (χ0n) is 24.0. The molecule has 0 radical (unpaired) electrons. The highest BCUT2D eigenvalue weighted by atomic mass is 19.1. The molecule has 1 N–H and O–H groups in total. The van der Waals surface area contributed by atoms with E-state index in [1.54, 1.807) is 24.1 Å². The Morgan fingerprint density at radius 3 is 2.38 bits per heavy atom. The van der Waals surface area contributed by atoms with Crippen molar-refractivity contribution in [3.8, 4) is 34.5 Å². The molecule has 2 aromatic carbocycles. The maximum absolute atomic E-state index is 14.8. The first-order valence-electron chi connectivity index (χ1n) is 13.8. The molecule has 42 heavy (non-hydrogen) atoms. The number of hydrogen-bond acceptors (Lipinski definition) is 7. The van der Waals surface area contributed by atoms with Crippen molar-refractivity contribution in [3.63, 3.8) is 0 Å². The third-order valence-corrected chi connectivity index (χ3v) is 7.47. The molecular weight excluding hydrogens is 535 g/mol. The van der Waals surface area contributed by atoms with Crippen LogP contribution in [-0.4, -0.2) is 48.8 Å². The Kier molecular flexibility index (Phi) is 7.57. The number of aromatic nitrogens is 1. The van der Waals surface area contributed by atoms with Gasteiger partial charge in [-0.25, -0.2) is 14.2 Å². The lowest BCUT2D eigenvalue weighted by atomic mass is 9.92. The molecule has 2 aliphatic heterocycles. The van der Waals surface area contributed by atoms with Crippen molar-refractivity contribution in [1.82, 2.24) is 10.3 Å². The van der Waals surface area contributed by atoms with Gasteiger partial charge in [0.2, 0.25) is 5.91 Å². The van der Waals surface area contributed by atoms with Gasteiger partial charge in [0, 0.05) is 43.0 Å². The van der Waals surface area contributed by atoms with Crippen LogP contribution in [0.5, 0.6) is 0 Å². The van der Waals surface area contributed by atoms with E-state index in [2.05, 4.69) is 11.4 Å². The number of benzene rings is 2. The smallest absolute Gasteiger partial charge is 0.407 e. The Labute approximate surface area is 244 Å². The van der Waals surface area contributed by atoms with E-state index in [-0.39, 0.29) is 23.9 Å². The van der Waals surface area contributed by atoms with Gasteiger partial charge >= 0.3 is 6.09 Å². The summed E-state index contributed by atoms with van der Waals surface area (Å²) in [6.45, 7) is 6.60. The molecule has 0 bridgehead atoms. The van der Waals surface area contributed by atoms with Crippen LogP contribution in [0.25, 0.3) is 22.4 Å². The number of nitriles is 2. The minimum atomic E-state index is -0.679. The molecule has 10 heteroatoms. The van der Waals surface area contributed by atoms with E-state index < -0.39 is 17.5 Å². The average molecular weight is 567 g/mol. The lowest BCUT2D eigenvalue weighted by Crippen LogP contribution is -2.46. The van der Waals surface area contributed by atoms with Gasteiger partial charge in [0.1, 0.15) is 23.3 Å². The number of hydrogen-bond donors (Lipinski definition) is 1. The number of pyridine rings is 1. The number of likely N-dealkylation sites (N-methyl/N-ethyl adjacent to an activating group) is 1. The van der Waals surface area contributed by atoms with E-state index in [0.29, 0.717) is 59.7 Å². The van der Waals surface area contributed by atoms with Crippen LogP contribution in [0.15, 0.2) is 42.5 Å². The summed E-state index contributed by atoms with van der Waals surface area (Å²) >= 11 is 0. The zero-order valence-corrected chi connectivity index (χ0v) is 24.0. The van der Waals surface area contributed by atoms with E-state index in [1.165, 1.54) is 12.1 Å². The van der Waals surface area contributed by atoms with Gasteiger partial charge in [0.25, 0.3) is 0 Å². The third-order valence-electron chi connectivity index (χ3n) is 7.47. The van der Waals surface area contributed by atoms with Crippen molar-refractivity contribution in [3.05, 3.63) is 65.0 Å². The number of carbonyl (C=O) groups is 2. The maximum atomic E-state index is 14.8. The van der Waals surface area contributed by atoms with Crippen molar-refractivity contribution in [2.45, 2.75) is 51.7 Å². The molecule has 0 aliphatic carbocycles. The fourth-order valence-electron chi connectivity index (χ4n) is 5.39. The molecule has 5 rings (SSSR count). The van der Waals surface area contributed by atoms with Crippen LogP contribution in [0.2, 0.25) is 0 Å². The van der Waals surface area contributed by atoms with Crippen molar-refractivity contribution in [2.75, 3.05) is 29.9 Å². The number of alkyl carbamates (subject to hydrolysis) is 1. The molecule has 1 saturated heterocycles. The van der Waals surface area contributed by atoms with Gasteiger partial charge in [-0.3, -0.25) is 4.79 Å². The van der Waals surface area contributed by atoms with Crippen LogP contribution >= 0.6 is 0 Å². The van der Waals surface area contributed by atoms with E-state index in [9.17, 15) is 24.5 Å². The lowest BCUT2D eigenvalue weighted by Gasteiger charge is -2.34. The van der Waals surface area contributed by atoms with Gasteiger partial charge in [-0.15, -0.1) is 0 Å². The number of nitrogens with zero attached hydrogens (tertiary/aromatic N) is 5. The number of fused-ring (bicyclic) bond motifs is 1.